The lowest BCUT2D eigenvalue weighted by Gasteiger charge is -2.45. The van der Waals surface area contributed by atoms with Crippen molar-refractivity contribution in [2.45, 2.75) is 51.7 Å². The quantitative estimate of drug-likeness (QED) is 0.844. The molecule has 0 bridgehead atoms. The number of carbonyl (C=O) groups is 1. The summed E-state index contributed by atoms with van der Waals surface area (Å²) in [4.78, 5) is 16.7. The Balaban J connectivity index is 1.65. The molecule has 1 aromatic carbocycles. The van der Waals surface area contributed by atoms with E-state index >= 15 is 0 Å². The Morgan fingerprint density at radius 2 is 2.04 bits per heavy atom. The van der Waals surface area contributed by atoms with E-state index in [0.29, 0.717) is 18.2 Å². The van der Waals surface area contributed by atoms with Crippen molar-refractivity contribution in [3.05, 3.63) is 35.4 Å². The molecular weight excluding hydrogens is 306 g/mol. The number of hydrogen-bond donors (Lipinski definition) is 1. The Morgan fingerprint density at radius 1 is 1.35 bits per heavy atom. The van der Waals surface area contributed by atoms with Crippen molar-refractivity contribution in [2.75, 3.05) is 13.1 Å². The van der Waals surface area contributed by atoms with Crippen LogP contribution in [0.5, 0.6) is 0 Å². The molecule has 0 radical (unpaired) electrons. The van der Waals surface area contributed by atoms with E-state index in [1.54, 1.807) is 0 Å². The highest BCUT2D eigenvalue weighted by Crippen LogP contribution is 2.23. The minimum absolute atomic E-state index is 0.000111. The van der Waals surface area contributed by atoms with Crippen LogP contribution in [0.3, 0.4) is 0 Å². The lowest BCUT2D eigenvalue weighted by atomic mass is 9.93. The van der Waals surface area contributed by atoms with Gasteiger partial charge in [0.2, 0.25) is 5.91 Å². The molecule has 1 N–H and O–H groups in total. The molecule has 1 fully saturated rings. The zero-order valence-electron chi connectivity index (χ0n) is 14.1. The number of fused-ring (bicyclic) bond motifs is 1. The Labute approximate surface area is 143 Å². The molecule has 3 rings (SSSR count). The molecule has 0 aromatic heterocycles. The van der Waals surface area contributed by atoms with Gasteiger partial charge in [0.1, 0.15) is 0 Å². The average Bonchev–Trinajstić information content (AvgIpc) is 2.49. The largest absolute Gasteiger partial charge is 0.358 e. The molecule has 5 heteroatoms. The van der Waals surface area contributed by atoms with Crippen molar-refractivity contribution in [3.8, 4) is 0 Å². The van der Waals surface area contributed by atoms with Gasteiger partial charge in [-0.25, -0.2) is 0 Å². The molecule has 0 spiro atoms. The minimum Gasteiger partial charge on any atom is -0.358 e. The summed E-state index contributed by atoms with van der Waals surface area (Å²) in [6, 6.07) is 8.66. The van der Waals surface area contributed by atoms with E-state index in [9.17, 15) is 4.79 Å². The number of amides is 1. The summed E-state index contributed by atoms with van der Waals surface area (Å²) in [5.74, 6) is 0.162. The van der Waals surface area contributed by atoms with Crippen LogP contribution in [-0.4, -0.2) is 45.5 Å². The zero-order chi connectivity index (χ0) is 16.6. The molecule has 1 saturated heterocycles. The van der Waals surface area contributed by atoms with Crippen LogP contribution in [0.1, 0.15) is 38.3 Å². The van der Waals surface area contributed by atoms with Gasteiger partial charge in [-0.15, -0.1) is 0 Å². The summed E-state index contributed by atoms with van der Waals surface area (Å²) in [5.41, 5.74) is 2.63. The van der Waals surface area contributed by atoms with Crippen LogP contribution >= 0.6 is 12.2 Å². The van der Waals surface area contributed by atoms with Crippen molar-refractivity contribution >= 4 is 23.2 Å². The fourth-order valence-electron chi connectivity index (χ4n) is 3.64. The zero-order valence-corrected chi connectivity index (χ0v) is 14.9. The summed E-state index contributed by atoms with van der Waals surface area (Å²) in [5, 5.41) is 4.04. The van der Waals surface area contributed by atoms with Crippen LogP contribution < -0.4 is 5.32 Å². The van der Waals surface area contributed by atoms with Crippen molar-refractivity contribution in [2.24, 2.45) is 0 Å². The molecular formula is C18H25N3OS. The average molecular weight is 331 g/mol. The number of thiocarbonyl (C=S) groups is 1. The molecule has 23 heavy (non-hydrogen) atoms. The highest BCUT2D eigenvalue weighted by Gasteiger charge is 2.34. The molecule has 0 saturated carbocycles. The maximum Gasteiger partial charge on any atom is 0.242 e. The van der Waals surface area contributed by atoms with Gasteiger partial charge in [-0.2, -0.15) is 0 Å². The predicted octanol–water partition coefficient (Wildman–Crippen LogP) is 2.32. The molecule has 2 aliphatic heterocycles. The third-order valence-electron chi connectivity index (χ3n) is 4.83. The van der Waals surface area contributed by atoms with E-state index in [2.05, 4.69) is 44.3 Å². The first kappa shape index (κ1) is 16.2. The van der Waals surface area contributed by atoms with Crippen LogP contribution in [0.2, 0.25) is 0 Å². The summed E-state index contributed by atoms with van der Waals surface area (Å²) >= 11 is 5.48. The number of carbonyl (C=O) groups excluding carboxylic acids is 1. The van der Waals surface area contributed by atoms with Crippen molar-refractivity contribution < 1.29 is 4.79 Å². The van der Waals surface area contributed by atoms with Crippen LogP contribution in [0.4, 0.5) is 0 Å². The van der Waals surface area contributed by atoms with Crippen molar-refractivity contribution in [1.82, 2.24) is 15.1 Å². The highest BCUT2D eigenvalue weighted by atomic mass is 32.1. The maximum absolute atomic E-state index is 12.7. The summed E-state index contributed by atoms with van der Waals surface area (Å²) in [6.45, 7) is 8.32. The fourth-order valence-corrected chi connectivity index (χ4v) is 4.16. The normalized spacial score (nSPS) is 23.3. The fraction of sp³-hybridized carbons (Fsp3) is 0.556. The number of hydrogen-bond acceptors (Lipinski definition) is 2. The number of rotatable bonds is 2. The van der Waals surface area contributed by atoms with E-state index in [-0.39, 0.29) is 17.5 Å². The summed E-state index contributed by atoms with van der Waals surface area (Å²) in [7, 11) is 0. The Bertz CT molecular complexity index is 628. The van der Waals surface area contributed by atoms with Gasteiger partial charge in [0, 0.05) is 24.7 Å². The van der Waals surface area contributed by atoms with Gasteiger partial charge in [0.15, 0.2) is 5.11 Å². The van der Waals surface area contributed by atoms with Crippen molar-refractivity contribution in [3.63, 3.8) is 0 Å². The molecule has 1 unspecified atom stereocenters. The Kier molecular flexibility index (Phi) is 4.32. The second-order valence-corrected chi connectivity index (χ2v) is 7.72. The second-order valence-electron chi connectivity index (χ2n) is 7.33. The van der Waals surface area contributed by atoms with Gasteiger partial charge in [-0.05, 0) is 57.0 Å². The molecule has 2 heterocycles. The highest BCUT2D eigenvalue weighted by molar-refractivity contribution is 7.80. The second kappa shape index (κ2) is 6.11. The first-order valence-corrected chi connectivity index (χ1v) is 8.70. The monoisotopic (exact) mass is 331 g/mol. The van der Waals surface area contributed by atoms with Crippen LogP contribution in [-0.2, 0) is 17.8 Å². The third kappa shape index (κ3) is 3.50. The Hall–Kier alpha value is -1.62. The van der Waals surface area contributed by atoms with Crippen LogP contribution in [0, 0.1) is 0 Å². The van der Waals surface area contributed by atoms with E-state index < -0.39 is 0 Å². The SMILES string of the molecule is CC1CC(C)(C)NC(=S)N1CC(=O)N1CCc2ccccc2C1. The topological polar surface area (TPSA) is 35.6 Å². The molecule has 124 valence electrons. The smallest absolute Gasteiger partial charge is 0.242 e. The van der Waals surface area contributed by atoms with Gasteiger partial charge in [0.05, 0.1) is 6.54 Å². The predicted molar refractivity (Wildman–Crippen MR) is 96.2 cm³/mol. The Morgan fingerprint density at radius 3 is 2.74 bits per heavy atom. The molecule has 1 atom stereocenters. The number of benzene rings is 1. The first-order valence-electron chi connectivity index (χ1n) is 8.29. The van der Waals surface area contributed by atoms with Gasteiger partial charge in [-0.3, -0.25) is 4.79 Å². The third-order valence-corrected chi connectivity index (χ3v) is 5.17. The van der Waals surface area contributed by atoms with E-state index in [1.807, 2.05) is 15.9 Å². The molecule has 2 aliphatic rings. The van der Waals surface area contributed by atoms with Crippen molar-refractivity contribution in [1.29, 1.82) is 0 Å². The maximum atomic E-state index is 12.7. The van der Waals surface area contributed by atoms with Crippen LogP contribution in [0.25, 0.3) is 0 Å². The number of nitrogens with zero attached hydrogens (tertiary/aromatic N) is 2. The standard InChI is InChI=1S/C18H25N3OS/c1-13-10-18(2,3)19-17(23)21(13)12-16(22)20-9-8-14-6-4-5-7-15(14)11-20/h4-7,13H,8-12H2,1-3H3,(H,19,23). The van der Waals surface area contributed by atoms with E-state index in [4.69, 9.17) is 12.2 Å². The van der Waals surface area contributed by atoms with Gasteiger partial charge < -0.3 is 15.1 Å². The summed E-state index contributed by atoms with van der Waals surface area (Å²) in [6.07, 6.45) is 1.91. The molecule has 4 nitrogen and oxygen atoms in total. The molecule has 1 aromatic rings. The van der Waals surface area contributed by atoms with Gasteiger partial charge in [0.25, 0.3) is 0 Å². The first-order chi connectivity index (χ1) is 10.9. The van der Waals surface area contributed by atoms with Gasteiger partial charge in [-0.1, -0.05) is 24.3 Å². The lowest BCUT2D eigenvalue weighted by Crippen LogP contribution is -2.62. The minimum atomic E-state index is 0.000111. The molecule has 0 aliphatic carbocycles. The van der Waals surface area contributed by atoms with E-state index in [0.717, 1.165) is 19.4 Å². The van der Waals surface area contributed by atoms with Crippen LogP contribution in [0.15, 0.2) is 24.3 Å². The van der Waals surface area contributed by atoms with Gasteiger partial charge >= 0.3 is 0 Å². The van der Waals surface area contributed by atoms with E-state index in [1.165, 1.54) is 11.1 Å². The summed E-state index contributed by atoms with van der Waals surface area (Å²) < 4.78 is 0. The number of nitrogens with one attached hydrogen (secondary N) is 1. The lowest BCUT2D eigenvalue weighted by molar-refractivity contribution is -0.133. The molecule has 1 amide bonds.